The van der Waals surface area contributed by atoms with Crippen LogP contribution in [0.3, 0.4) is 0 Å². The number of hydrogen-bond acceptors (Lipinski definition) is 9. The van der Waals surface area contributed by atoms with E-state index in [2.05, 4.69) is 0 Å². The van der Waals surface area contributed by atoms with Crippen LogP contribution in [-0.4, -0.2) is 53.1 Å². The van der Waals surface area contributed by atoms with Crippen molar-refractivity contribution in [2.45, 2.75) is 0 Å². The van der Waals surface area contributed by atoms with Gasteiger partial charge in [-0.05, 0) is 35.4 Å². The van der Waals surface area contributed by atoms with Crippen molar-refractivity contribution in [2.24, 2.45) is 0 Å². The molecule has 0 atom stereocenters. The zero-order valence-corrected chi connectivity index (χ0v) is 25.7. The van der Waals surface area contributed by atoms with Gasteiger partial charge in [-0.25, -0.2) is 0 Å². The summed E-state index contributed by atoms with van der Waals surface area (Å²) in [6, 6.07) is 8.90. The molecule has 0 bridgehead atoms. The van der Waals surface area contributed by atoms with Crippen LogP contribution in [0.2, 0.25) is 0 Å². The van der Waals surface area contributed by atoms with Crippen LogP contribution in [0.25, 0.3) is 12.2 Å². The zero-order chi connectivity index (χ0) is 25.8. The van der Waals surface area contributed by atoms with Gasteiger partial charge < -0.3 is 53.4 Å². The third-order valence-electron chi connectivity index (χ3n) is 3.36. The van der Waals surface area contributed by atoms with Gasteiger partial charge in [0.05, 0.1) is 28.4 Å². The van der Waals surface area contributed by atoms with E-state index in [1.165, 1.54) is 7.11 Å². The van der Waals surface area contributed by atoms with Crippen LogP contribution in [0.15, 0.2) is 30.3 Å². The van der Waals surface area contributed by atoms with Crippen molar-refractivity contribution in [1.82, 2.24) is 0 Å². The standard InChI is InChI=1S/C18H20O5.2Na.2H3O4P/c1-20-15-8-7-12(9-14(15)19)5-6-13-10-16(21-2)18(23-4)17(11-13)22-3;;;2*1-5(2,3)4/h5-11,19H,1-4H3;;;2*(H3,1,2,3,4)/q;2*+1;;/p-2/b6-5-;;;;. The Balaban J connectivity index is -0.000000725. The van der Waals surface area contributed by atoms with E-state index < -0.39 is 15.6 Å². The molecule has 0 saturated carbocycles. The van der Waals surface area contributed by atoms with E-state index in [4.69, 9.17) is 57.4 Å². The Morgan fingerprint density at radius 3 is 1.37 bits per heavy atom. The van der Waals surface area contributed by atoms with E-state index in [1.54, 1.807) is 33.5 Å². The first-order valence-corrected chi connectivity index (χ1v) is 11.6. The van der Waals surface area contributed by atoms with E-state index in [-0.39, 0.29) is 64.9 Å². The first kappa shape index (κ1) is 38.9. The van der Waals surface area contributed by atoms with E-state index in [0.717, 1.165) is 11.1 Å². The summed E-state index contributed by atoms with van der Waals surface area (Å²) >= 11 is 0. The van der Waals surface area contributed by atoms with Crippen molar-refractivity contribution in [3.05, 3.63) is 41.5 Å². The molecule has 13 nitrogen and oxygen atoms in total. The van der Waals surface area contributed by atoms with Gasteiger partial charge in [0.2, 0.25) is 5.75 Å². The molecule has 0 radical (unpaired) electrons. The molecular weight excluding hydrogens is 532 g/mol. The monoisotopic (exact) mass is 556 g/mol. The Kier molecular flexibility index (Phi) is 20.7. The Hall–Kier alpha value is -0.600. The van der Waals surface area contributed by atoms with Gasteiger partial charge in [0.1, 0.15) is 0 Å². The Morgan fingerprint density at radius 1 is 0.686 bits per heavy atom. The maximum absolute atomic E-state index is 9.81. The normalized spacial score (nSPS) is 10.3. The number of phenolic OH excluding ortho intramolecular Hbond substituents is 1. The largest absolute Gasteiger partial charge is 1.00 e. The fourth-order valence-corrected chi connectivity index (χ4v) is 2.20. The third-order valence-corrected chi connectivity index (χ3v) is 3.36. The van der Waals surface area contributed by atoms with Crippen LogP contribution < -0.4 is 87.8 Å². The molecule has 2 aromatic rings. The second-order valence-electron chi connectivity index (χ2n) is 5.70. The van der Waals surface area contributed by atoms with Gasteiger partial charge in [0.15, 0.2) is 23.0 Å². The number of aromatic hydroxyl groups is 1. The molecule has 0 amide bonds. The van der Waals surface area contributed by atoms with Gasteiger partial charge in [0.25, 0.3) is 15.6 Å². The summed E-state index contributed by atoms with van der Waals surface area (Å²) in [6.07, 6.45) is 3.77. The summed E-state index contributed by atoms with van der Waals surface area (Å²) in [5.74, 6) is 2.26. The number of phosphoric acid groups is 2. The summed E-state index contributed by atoms with van der Waals surface area (Å²) in [5, 5.41) is 9.81. The zero-order valence-electron chi connectivity index (χ0n) is 19.9. The van der Waals surface area contributed by atoms with E-state index >= 15 is 0 Å². The van der Waals surface area contributed by atoms with Gasteiger partial charge >= 0.3 is 59.1 Å². The molecule has 0 unspecified atom stereocenters. The van der Waals surface area contributed by atoms with Crippen LogP contribution >= 0.6 is 15.6 Å². The van der Waals surface area contributed by atoms with Crippen LogP contribution in [-0.2, 0) is 9.13 Å². The van der Waals surface area contributed by atoms with Gasteiger partial charge in [-0.1, -0.05) is 18.2 Å². The molecular formula is C18H24Na2O13P2. The predicted molar refractivity (Wildman–Crippen MR) is 114 cm³/mol. The number of benzene rings is 2. The second kappa shape index (κ2) is 18.6. The van der Waals surface area contributed by atoms with Crippen molar-refractivity contribution >= 4 is 27.8 Å². The molecule has 2 aromatic carbocycles. The predicted octanol–water partition coefficient (Wildman–Crippen LogP) is -5.52. The smallest absolute Gasteiger partial charge is 0.756 e. The van der Waals surface area contributed by atoms with Crippen LogP contribution in [0, 0.1) is 0 Å². The van der Waals surface area contributed by atoms with Gasteiger partial charge in [0, 0.05) is 0 Å². The van der Waals surface area contributed by atoms with Gasteiger partial charge in [-0.3, -0.25) is 9.13 Å². The van der Waals surface area contributed by atoms with Gasteiger partial charge in [-0.2, -0.15) is 0 Å². The third kappa shape index (κ3) is 19.2. The average Bonchev–Trinajstić information content (AvgIpc) is 2.69. The molecule has 0 aliphatic rings. The molecule has 0 saturated heterocycles. The molecule has 0 fully saturated rings. The first-order valence-electron chi connectivity index (χ1n) is 8.51. The first-order chi connectivity index (χ1) is 15.1. The molecule has 0 aromatic heterocycles. The molecule has 0 spiro atoms. The number of hydrogen-bond donors (Lipinski definition) is 5. The summed E-state index contributed by atoms with van der Waals surface area (Å²) < 4.78 is 38.5. The minimum atomic E-state index is -4.89. The minimum absolute atomic E-state index is 0. The molecule has 186 valence electrons. The van der Waals surface area contributed by atoms with Crippen molar-refractivity contribution in [2.75, 3.05) is 28.4 Å². The average molecular weight is 556 g/mol. The van der Waals surface area contributed by atoms with Crippen molar-refractivity contribution < 1.29 is 122 Å². The van der Waals surface area contributed by atoms with Crippen molar-refractivity contribution in [3.63, 3.8) is 0 Å². The van der Waals surface area contributed by atoms with Gasteiger partial charge in [-0.15, -0.1) is 0 Å². The number of methoxy groups -OCH3 is 4. The summed E-state index contributed by atoms with van der Waals surface area (Å²) in [7, 11) is -3.55. The van der Waals surface area contributed by atoms with Crippen LogP contribution in [0.5, 0.6) is 28.7 Å². The van der Waals surface area contributed by atoms with Crippen LogP contribution in [0.1, 0.15) is 11.1 Å². The van der Waals surface area contributed by atoms with E-state index in [9.17, 15) is 5.11 Å². The maximum Gasteiger partial charge on any atom is 1.00 e. The molecule has 5 N–H and O–H groups in total. The second-order valence-corrected chi connectivity index (χ2v) is 7.67. The Morgan fingerprint density at radius 2 is 1.06 bits per heavy atom. The minimum Gasteiger partial charge on any atom is -0.756 e. The molecule has 0 aliphatic carbocycles. The summed E-state index contributed by atoms with van der Waals surface area (Å²) in [4.78, 5) is 45.8. The summed E-state index contributed by atoms with van der Waals surface area (Å²) in [6.45, 7) is 0. The van der Waals surface area contributed by atoms with Crippen molar-refractivity contribution in [3.8, 4) is 28.7 Å². The van der Waals surface area contributed by atoms with Crippen LogP contribution in [0.4, 0.5) is 0 Å². The fourth-order valence-electron chi connectivity index (χ4n) is 2.20. The summed E-state index contributed by atoms with van der Waals surface area (Å²) in [5.41, 5.74) is 1.73. The number of rotatable bonds is 6. The molecule has 2 rings (SSSR count). The Labute approximate surface area is 246 Å². The number of ether oxygens (including phenoxy) is 4. The quantitative estimate of drug-likeness (QED) is 0.128. The maximum atomic E-state index is 9.81. The SMILES string of the molecule is COc1ccc(/C=C\c2cc(OC)c(OC)c(OC)c2)cc1O.O=P([O-])(O)O.O=P([O-])(O)O.[Na+].[Na+]. The van der Waals surface area contributed by atoms with E-state index in [1.807, 2.05) is 30.4 Å². The topological polar surface area (TPSA) is 218 Å². The molecule has 35 heavy (non-hydrogen) atoms. The fraction of sp³-hybridized carbons (Fsp3) is 0.222. The van der Waals surface area contributed by atoms with Crippen molar-refractivity contribution in [1.29, 1.82) is 0 Å². The molecule has 0 heterocycles. The molecule has 0 aliphatic heterocycles. The molecule has 17 heteroatoms. The Bertz CT molecular complexity index is 960. The van der Waals surface area contributed by atoms with E-state index in [0.29, 0.717) is 23.0 Å². The number of phenols is 1.